The van der Waals surface area contributed by atoms with Gasteiger partial charge in [-0.1, -0.05) is 6.07 Å². The summed E-state index contributed by atoms with van der Waals surface area (Å²) in [6.07, 6.45) is 5.33. The van der Waals surface area contributed by atoms with E-state index in [0.29, 0.717) is 29.3 Å². The van der Waals surface area contributed by atoms with Crippen molar-refractivity contribution in [3.8, 4) is 0 Å². The number of halogens is 2. The fourth-order valence-corrected chi connectivity index (χ4v) is 2.56. The zero-order valence-electron chi connectivity index (χ0n) is 14.1. The first-order chi connectivity index (χ1) is 11.7. The summed E-state index contributed by atoms with van der Waals surface area (Å²) in [5, 5.41) is 5.74. The normalized spacial score (nSPS) is 13.6. The van der Waals surface area contributed by atoms with Gasteiger partial charge in [-0.3, -0.25) is 14.6 Å². The third-order valence-corrected chi connectivity index (χ3v) is 4.07. The van der Waals surface area contributed by atoms with Crippen LogP contribution in [0.25, 0.3) is 0 Å². The Morgan fingerprint density at radius 3 is 2.46 bits per heavy atom. The first-order valence-electron chi connectivity index (χ1n) is 8.00. The number of pyridine rings is 1. The second-order valence-electron chi connectivity index (χ2n) is 5.93. The van der Waals surface area contributed by atoms with Crippen LogP contribution < -0.4 is 16.4 Å². The van der Waals surface area contributed by atoms with E-state index in [-0.39, 0.29) is 42.7 Å². The molecule has 4 N–H and O–H groups in total. The number of carbonyl (C=O) groups excluding carboxylic acids is 2. The summed E-state index contributed by atoms with van der Waals surface area (Å²) in [5.41, 5.74) is 7.25. The Balaban J connectivity index is 0.00000169. The molecule has 0 bridgehead atoms. The summed E-state index contributed by atoms with van der Waals surface area (Å²) in [4.78, 5) is 28.4. The molecule has 1 aromatic heterocycles. The van der Waals surface area contributed by atoms with E-state index in [0.717, 1.165) is 12.8 Å². The molecule has 2 aromatic rings. The van der Waals surface area contributed by atoms with Crippen LogP contribution in [0.1, 0.15) is 33.6 Å². The van der Waals surface area contributed by atoms with Gasteiger partial charge in [-0.15, -0.1) is 24.8 Å². The van der Waals surface area contributed by atoms with Gasteiger partial charge < -0.3 is 16.4 Å². The van der Waals surface area contributed by atoms with Gasteiger partial charge in [0, 0.05) is 36.2 Å². The molecule has 1 heterocycles. The Kier molecular flexibility index (Phi) is 8.51. The zero-order chi connectivity index (χ0) is 16.9. The molecule has 1 aliphatic rings. The minimum absolute atomic E-state index is 0. The van der Waals surface area contributed by atoms with E-state index in [9.17, 15) is 9.59 Å². The minimum Gasteiger partial charge on any atom is -0.348 e. The van der Waals surface area contributed by atoms with Crippen molar-refractivity contribution in [1.82, 2.24) is 10.3 Å². The smallest absolute Gasteiger partial charge is 0.257 e. The lowest BCUT2D eigenvalue weighted by Gasteiger charge is -2.16. The summed E-state index contributed by atoms with van der Waals surface area (Å²) >= 11 is 0. The maximum absolute atomic E-state index is 12.4. The van der Waals surface area contributed by atoms with Crippen LogP contribution in [-0.4, -0.2) is 29.4 Å². The molecule has 0 radical (unpaired) electrons. The first kappa shape index (κ1) is 21.9. The highest BCUT2D eigenvalue weighted by Gasteiger charge is 2.31. The fraction of sp³-hybridized carbons (Fsp3) is 0.278. The van der Waals surface area contributed by atoms with Crippen LogP contribution in [0.3, 0.4) is 0 Å². The van der Waals surface area contributed by atoms with Crippen molar-refractivity contribution >= 4 is 42.3 Å². The molecule has 0 aliphatic heterocycles. The Bertz CT molecular complexity index is 739. The predicted octanol–water partition coefficient (Wildman–Crippen LogP) is 2.64. The molecule has 1 fully saturated rings. The molecular formula is C18H22Cl2N4O2. The number of nitrogens with two attached hydrogens (primary N) is 1. The average molecular weight is 397 g/mol. The lowest BCUT2D eigenvalue weighted by atomic mass is 10.1. The highest BCUT2D eigenvalue weighted by Crippen LogP contribution is 2.32. The predicted molar refractivity (Wildman–Crippen MR) is 106 cm³/mol. The SMILES string of the molecule is Cl.Cl.NCC(NC(=O)c1cccc(NC(=O)c2cccnc2)c1)C1CC1. The van der Waals surface area contributed by atoms with Gasteiger partial charge in [0.2, 0.25) is 0 Å². The summed E-state index contributed by atoms with van der Waals surface area (Å²) in [5.74, 6) is 0.0562. The van der Waals surface area contributed by atoms with E-state index in [4.69, 9.17) is 5.73 Å². The number of nitrogens with one attached hydrogen (secondary N) is 2. The number of benzene rings is 1. The average Bonchev–Trinajstić information content (AvgIpc) is 3.45. The first-order valence-corrected chi connectivity index (χ1v) is 8.00. The number of nitrogens with zero attached hydrogens (tertiary/aromatic N) is 1. The van der Waals surface area contributed by atoms with Crippen molar-refractivity contribution in [3.05, 3.63) is 59.9 Å². The largest absolute Gasteiger partial charge is 0.348 e. The second kappa shape index (κ2) is 10.1. The van der Waals surface area contributed by atoms with E-state index in [1.54, 1.807) is 42.6 Å². The molecule has 0 saturated heterocycles. The van der Waals surface area contributed by atoms with Crippen LogP contribution in [0.4, 0.5) is 5.69 Å². The molecule has 1 unspecified atom stereocenters. The second-order valence-corrected chi connectivity index (χ2v) is 5.93. The lowest BCUT2D eigenvalue weighted by molar-refractivity contribution is 0.0932. The number of hydrogen-bond acceptors (Lipinski definition) is 4. The number of hydrogen-bond donors (Lipinski definition) is 3. The third kappa shape index (κ3) is 5.69. The van der Waals surface area contributed by atoms with Gasteiger partial charge in [-0.05, 0) is 49.1 Å². The maximum atomic E-state index is 12.4. The van der Waals surface area contributed by atoms with Crippen LogP contribution in [0, 0.1) is 5.92 Å². The topological polar surface area (TPSA) is 97.1 Å². The molecule has 1 aliphatic carbocycles. The molecule has 6 nitrogen and oxygen atoms in total. The van der Waals surface area contributed by atoms with Gasteiger partial charge in [0.1, 0.15) is 0 Å². The van der Waals surface area contributed by atoms with E-state index < -0.39 is 0 Å². The highest BCUT2D eigenvalue weighted by atomic mass is 35.5. The molecule has 1 atom stereocenters. The van der Waals surface area contributed by atoms with E-state index in [1.165, 1.54) is 6.20 Å². The van der Waals surface area contributed by atoms with Gasteiger partial charge in [-0.25, -0.2) is 0 Å². The molecule has 8 heteroatoms. The van der Waals surface area contributed by atoms with Crippen LogP contribution in [0.15, 0.2) is 48.8 Å². The summed E-state index contributed by atoms with van der Waals surface area (Å²) in [6.45, 7) is 0.438. The van der Waals surface area contributed by atoms with Crippen molar-refractivity contribution in [1.29, 1.82) is 0 Å². The fourth-order valence-electron chi connectivity index (χ4n) is 2.56. The van der Waals surface area contributed by atoms with Crippen molar-refractivity contribution < 1.29 is 9.59 Å². The molecule has 0 spiro atoms. The van der Waals surface area contributed by atoms with Gasteiger partial charge in [0.05, 0.1) is 5.56 Å². The van der Waals surface area contributed by atoms with Gasteiger partial charge >= 0.3 is 0 Å². The summed E-state index contributed by atoms with van der Waals surface area (Å²) < 4.78 is 0. The highest BCUT2D eigenvalue weighted by molar-refractivity contribution is 6.04. The van der Waals surface area contributed by atoms with Crippen molar-refractivity contribution in [2.75, 3.05) is 11.9 Å². The molecule has 3 rings (SSSR count). The number of aromatic nitrogens is 1. The number of amides is 2. The number of anilines is 1. The van der Waals surface area contributed by atoms with Crippen LogP contribution in [0.5, 0.6) is 0 Å². The van der Waals surface area contributed by atoms with Crippen LogP contribution in [-0.2, 0) is 0 Å². The van der Waals surface area contributed by atoms with Crippen molar-refractivity contribution in [3.63, 3.8) is 0 Å². The molecule has 2 amide bonds. The van der Waals surface area contributed by atoms with Gasteiger partial charge in [-0.2, -0.15) is 0 Å². The van der Waals surface area contributed by atoms with Gasteiger partial charge in [0.25, 0.3) is 11.8 Å². The third-order valence-electron chi connectivity index (χ3n) is 4.07. The molecule has 1 saturated carbocycles. The summed E-state index contributed by atoms with van der Waals surface area (Å²) in [7, 11) is 0. The Hall–Kier alpha value is -2.15. The molecular weight excluding hydrogens is 375 g/mol. The van der Waals surface area contributed by atoms with E-state index in [2.05, 4.69) is 15.6 Å². The standard InChI is InChI=1S/C18H20N4O2.2ClH/c19-10-16(12-6-7-12)22-17(23)13-3-1-5-15(9-13)21-18(24)14-4-2-8-20-11-14;;/h1-5,8-9,11-12,16H,6-7,10,19H2,(H,21,24)(H,22,23);2*1H. The van der Waals surface area contributed by atoms with Crippen LogP contribution in [0.2, 0.25) is 0 Å². The Morgan fingerprint density at radius 1 is 1.12 bits per heavy atom. The van der Waals surface area contributed by atoms with Crippen LogP contribution >= 0.6 is 24.8 Å². The maximum Gasteiger partial charge on any atom is 0.257 e. The Morgan fingerprint density at radius 2 is 1.85 bits per heavy atom. The van der Waals surface area contributed by atoms with Crippen molar-refractivity contribution in [2.45, 2.75) is 18.9 Å². The van der Waals surface area contributed by atoms with E-state index >= 15 is 0 Å². The summed E-state index contributed by atoms with van der Waals surface area (Å²) in [6, 6.07) is 10.3. The van der Waals surface area contributed by atoms with Gasteiger partial charge in [0.15, 0.2) is 0 Å². The molecule has 26 heavy (non-hydrogen) atoms. The quantitative estimate of drug-likeness (QED) is 0.698. The molecule has 1 aromatic carbocycles. The number of rotatable bonds is 6. The van der Waals surface area contributed by atoms with Crippen molar-refractivity contribution in [2.24, 2.45) is 11.7 Å². The van der Waals surface area contributed by atoms with E-state index in [1.807, 2.05) is 0 Å². The zero-order valence-corrected chi connectivity index (χ0v) is 15.7. The lowest BCUT2D eigenvalue weighted by Crippen LogP contribution is -2.41. The Labute approximate surface area is 164 Å². The minimum atomic E-state index is -0.265. The molecule has 140 valence electrons. The number of carbonyl (C=O) groups is 2. The monoisotopic (exact) mass is 396 g/mol.